The first-order chi connectivity index (χ1) is 8.11. The average Bonchev–Trinajstić information content (AvgIpc) is 2.68. The topological polar surface area (TPSA) is 64.1 Å². The summed E-state index contributed by atoms with van der Waals surface area (Å²) in [4.78, 5) is 22.8. The number of benzene rings is 1. The highest BCUT2D eigenvalue weighted by Crippen LogP contribution is 2.15. The van der Waals surface area contributed by atoms with Crippen molar-refractivity contribution in [1.29, 1.82) is 0 Å². The predicted molar refractivity (Wildman–Crippen MR) is 62.8 cm³/mol. The summed E-state index contributed by atoms with van der Waals surface area (Å²) in [6.45, 7) is 0. The van der Waals surface area contributed by atoms with Crippen LogP contribution in [-0.4, -0.2) is 22.9 Å². The lowest BCUT2D eigenvalue weighted by Gasteiger charge is -2.00. The van der Waals surface area contributed by atoms with Crippen LogP contribution < -0.4 is 5.56 Å². The molecule has 0 aliphatic rings. The van der Waals surface area contributed by atoms with Crippen molar-refractivity contribution >= 4 is 5.97 Å². The van der Waals surface area contributed by atoms with E-state index in [-0.39, 0.29) is 5.56 Å². The highest BCUT2D eigenvalue weighted by atomic mass is 16.5. The van der Waals surface area contributed by atoms with E-state index >= 15 is 0 Å². The summed E-state index contributed by atoms with van der Waals surface area (Å²) >= 11 is 0. The van der Waals surface area contributed by atoms with Crippen molar-refractivity contribution in [2.24, 2.45) is 7.05 Å². The van der Waals surface area contributed by atoms with E-state index in [1.54, 1.807) is 42.2 Å². The van der Waals surface area contributed by atoms with Crippen molar-refractivity contribution in [3.05, 3.63) is 46.4 Å². The molecule has 0 bridgehead atoms. The molecule has 0 fully saturated rings. The van der Waals surface area contributed by atoms with Crippen molar-refractivity contribution in [1.82, 2.24) is 9.78 Å². The molecule has 0 saturated carbocycles. The van der Waals surface area contributed by atoms with Crippen molar-refractivity contribution in [2.75, 3.05) is 7.11 Å². The van der Waals surface area contributed by atoms with E-state index in [1.807, 2.05) is 0 Å². The second-order valence-corrected chi connectivity index (χ2v) is 3.66. The number of esters is 1. The van der Waals surface area contributed by atoms with Gasteiger partial charge in [0.2, 0.25) is 0 Å². The van der Waals surface area contributed by atoms with Crippen molar-refractivity contribution in [3.63, 3.8) is 0 Å². The Hall–Kier alpha value is -2.30. The summed E-state index contributed by atoms with van der Waals surface area (Å²) < 4.78 is 6.19. The zero-order valence-corrected chi connectivity index (χ0v) is 9.56. The average molecular weight is 232 g/mol. The van der Waals surface area contributed by atoms with Gasteiger partial charge in [-0.05, 0) is 17.7 Å². The van der Waals surface area contributed by atoms with Gasteiger partial charge in [-0.1, -0.05) is 12.1 Å². The molecule has 0 aliphatic heterocycles. The third-order valence-corrected chi connectivity index (χ3v) is 2.46. The molecule has 0 spiro atoms. The molecule has 0 aliphatic carbocycles. The Morgan fingerprint density at radius 3 is 2.41 bits per heavy atom. The molecule has 88 valence electrons. The minimum atomic E-state index is -0.390. The molecule has 0 unspecified atom stereocenters. The summed E-state index contributed by atoms with van der Waals surface area (Å²) in [6, 6.07) is 6.70. The van der Waals surface area contributed by atoms with Crippen molar-refractivity contribution < 1.29 is 9.53 Å². The van der Waals surface area contributed by atoms with Crippen LogP contribution >= 0.6 is 0 Å². The van der Waals surface area contributed by atoms with Crippen LogP contribution in [0.2, 0.25) is 0 Å². The quantitative estimate of drug-likeness (QED) is 0.790. The fourth-order valence-corrected chi connectivity index (χ4v) is 1.61. The SMILES string of the molecule is COC(=O)c1ccc(-c2cn(C)[nH]c2=O)cc1. The molecule has 0 atom stereocenters. The van der Waals surface area contributed by atoms with Crippen LogP contribution in [0.4, 0.5) is 0 Å². The third kappa shape index (κ3) is 2.13. The van der Waals surface area contributed by atoms with Gasteiger partial charge in [-0.3, -0.25) is 14.6 Å². The Morgan fingerprint density at radius 2 is 1.94 bits per heavy atom. The maximum atomic E-state index is 11.5. The van der Waals surface area contributed by atoms with E-state index < -0.39 is 5.97 Å². The molecule has 0 amide bonds. The zero-order valence-electron chi connectivity index (χ0n) is 9.56. The molecule has 2 rings (SSSR count). The molecule has 1 aromatic carbocycles. The number of H-pyrrole nitrogens is 1. The van der Waals surface area contributed by atoms with Gasteiger partial charge in [-0.15, -0.1) is 0 Å². The Labute approximate surface area is 97.6 Å². The highest BCUT2D eigenvalue weighted by Gasteiger charge is 2.08. The van der Waals surface area contributed by atoms with E-state index in [4.69, 9.17) is 0 Å². The van der Waals surface area contributed by atoms with E-state index in [0.29, 0.717) is 11.1 Å². The van der Waals surface area contributed by atoms with E-state index in [2.05, 4.69) is 9.84 Å². The van der Waals surface area contributed by atoms with Gasteiger partial charge >= 0.3 is 5.97 Å². The molecule has 17 heavy (non-hydrogen) atoms. The number of rotatable bonds is 2. The van der Waals surface area contributed by atoms with Crippen LogP contribution in [0, 0.1) is 0 Å². The molecule has 0 saturated heterocycles. The minimum absolute atomic E-state index is 0.154. The van der Waals surface area contributed by atoms with Gasteiger partial charge in [-0.2, -0.15) is 0 Å². The molecule has 5 heteroatoms. The van der Waals surface area contributed by atoms with Gasteiger partial charge < -0.3 is 4.74 Å². The Balaban J connectivity index is 2.39. The van der Waals surface area contributed by atoms with Crippen LogP contribution in [0.5, 0.6) is 0 Å². The second kappa shape index (κ2) is 4.29. The number of aryl methyl sites for hydroxylation is 1. The highest BCUT2D eigenvalue weighted by molar-refractivity contribution is 5.89. The molecule has 1 aromatic heterocycles. The Bertz CT molecular complexity index is 593. The van der Waals surface area contributed by atoms with Gasteiger partial charge in [-0.25, -0.2) is 4.79 Å². The van der Waals surface area contributed by atoms with Crippen LogP contribution in [-0.2, 0) is 11.8 Å². The van der Waals surface area contributed by atoms with Crippen LogP contribution in [0.3, 0.4) is 0 Å². The number of nitrogens with zero attached hydrogens (tertiary/aromatic N) is 1. The van der Waals surface area contributed by atoms with E-state index in [9.17, 15) is 9.59 Å². The van der Waals surface area contributed by atoms with Crippen LogP contribution in [0.25, 0.3) is 11.1 Å². The number of hydrogen-bond acceptors (Lipinski definition) is 3. The first-order valence-electron chi connectivity index (χ1n) is 5.06. The first kappa shape index (κ1) is 11.2. The number of aromatic amines is 1. The fraction of sp³-hybridized carbons (Fsp3) is 0.167. The summed E-state index contributed by atoms with van der Waals surface area (Å²) in [6.07, 6.45) is 1.70. The molecule has 1 N–H and O–H groups in total. The Kier molecular flexibility index (Phi) is 2.82. The third-order valence-electron chi connectivity index (χ3n) is 2.46. The maximum absolute atomic E-state index is 11.5. The van der Waals surface area contributed by atoms with Crippen LogP contribution in [0.15, 0.2) is 35.3 Å². The summed E-state index contributed by atoms with van der Waals surface area (Å²) in [7, 11) is 3.08. The lowest BCUT2D eigenvalue weighted by molar-refractivity contribution is 0.0601. The van der Waals surface area contributed by atoms with Crippen LogP contribution in [0.1, 0.15) is 10.4 Å². The lowest BCUT2D eigenvalue weighted by atomic mass is 10.1. The molecular weight excluding hydrogens is 220 g/mol. The molecular formula is C12H12N2O3. The summed E-state index contributed by atoms with van der Waals surface area (Å²) in [5, 5.41) is 2.62. The Morgan fingerprint density at radius 1 is 1.29 bits per heavy atom. The number of ether oxygens (including phenoxy) is 1. The number of nitrogens with one attached hydrogen (secondary N) is 1. The predicted octanol–water partition coefficient (Wildman–Crippen LogP) is 1.17. The molecule has 0 radical (unpaired) electrons. The van der Waals surface area contributed by atoms with Gasteiger partial charge in [0.1, 0.15) is 0 Å². The number of carbonyl (C=O) groups is 1. The summed E-state index contributed by atoms with van der Waals surface area (Å²) in [5.41, 5.74) is 1.64. The zero-order chi connectivity index (χ0) is 12.4. The largest absolute Gasteiger partial charge is 0.465 e. The van der Waals surface area contributed by atoms with Crippen molar-refractivity contribution in [2.45, 2.75) is 0 Å². The van der Waals surface area contributed by atoms with Gasteiger partial charge in [0.15, 0.2) is 0 Å². The molecule has 1 heterocycles. The first-order valence-corrected chi connectivity index (χ1v) is 5.06. The normalized spacial score (nSPS) is 10.2. The van der Waals surface area contributed by atoms with Gasteiger partial charge in [0.25, 0.3) is 5.56 Å². The van der Waals surface area contributed by atoms with Crippen molar-refractivity contribution in [3.8, 4) is 11.1 Å². The molecule has 2 aromatic rings. The van der Waals surface area contributed by atoms with Gasteiger partial charge in [0.05, 0.1) is 18.2 Å². The second-order valence-electron chi connectivity index (χ2n) is 3.66. The van der Waals surface area contributed by atoms with E-state index in [0.717, 1.165) is 5.56 Å². The number of aromatic nitrogens is 2. The summed E-state index contributed by atoms with van der Waals surface area (Å²) in [5.74, 6) is -0.390. The molecule has 5 nitrogen and oxygen atoms in total. The lowest BCUT2D eigenvalue weighted by Crippen LogP contribution is -2.04. The number of methoxy groups -OCH3 is 1. The maximum Gasteiger partial charge on any atom is 0.337 e. The smallest absolute Gasteiger partial charge is 0.337 e. The monoisotopic (exact) mass is 232 g/mol. The number of hydrogen-bond donors (Lipinski definition) is 1. The fourth-order valence-electron chi connectivity index (χ4n) is 1.61. The minimum Gasteiger partial charge on any atom is -0.465 e. The van der Waals surface area contributed by atoms with Gasteiger partial charge in [0, 0.05) is 13.2 Å². The van der Waals surface area contributed by atoms with E-state index in [1.165, 1.54) is 7.11 Å². The standard InChI is InChI=1S/C12H12N2O3/c1-14-7-10(11(15)13-14)8-3-5-9(6-4-8)12(16)17-2/h3-7H,1-2H3,(H,13,15). The number of carbonyl (C=O) groups excluding carboxylic acids is 1.